The number of anilines is 2. The summed E-state index contributed by atoms with van der Waals surface area (Å²) in [6, 6.07) is 4.38. The van der Waals surface area contributed by atoms with Gasteiger partial charge in [-0.05, 0) is 56.1 Å². The van der Waals surface area contributed by atoms with Crippen LogP contribution >= 0.6 is 0 Å². The summed E-state index contributed by atoms with van der Waals surface area (Å²) in [6.07, 6.45) is 11.6. The Labute approximate surface area is 129 Å². The minimum atomic E-state index is 0.843. The number of nitrogens with zero attached hydrogens (tertiary/aromatic N) is 2. The largest absolute Gasteiger partial charge is 0.384 e. The van der Waals surface area contributed by atoms with Gasteiger partial charge in [0.1, 0.15) is 5.82 Å². The minimum absolute atomic E-state index is 0.843. The first-order chi connectivity index (χ1) is 10.3. The predicted molar refractivity (Wildman–Crippen MR) is 89.9 cm³/mol. The van der Waals surface area contributed by atoms with Gasteiger partial charge in [0, 0.05) is 19.6 Å². The quantitative estimate of drug-likeness (QED) is 0.894. The molecule has 21 heavy (non-hydrogen) atoms. The lowest BCUT2D eigenvalue weighted by Gasteiger charge is -2.28. The van der Waals surface area contributed by atoms with Crippen LogP contribution in [0.25, 0.3) is 0 Å². The van der Waals surface area contributed by atoms with Gasteiger partial charge in [-0.3, -0.25) is 0 Å². The summed E-state index contributed by atoms with van der Waals surface area (Å²) in [5, 5.41) is 3.58. The normalized spacial score (nSPS) is 26.6. The zero-order valence-electron chi connectivity index (χ0n) is 13.4. The summed E-state index contributed by atoms with van der Waals surface area (Å²) in [5.41, 5.74) is 1.17. The topological polar surface area (TPSA) is 28.2 Å². The van der Waals surface area contributed by atoms with Crippen molar-refractivity contribution >= 4 is 11.5 Å². The third kappa shape index (κ3) is 4.12. The van der Waals surface area contributed by atoms with Crippen molar-refractivity contribution in [2.75, 3.05) is 29.9 Å². The van der Waals surface area contributed by atoms with E-state index < -0.39 is 0 Å². The molecule has 0 amide bonds. The second-order valence-electron chi connectivity index (χ2n) is 6.97. The van der Waals surface area contributed by atoms with Gasteiger partial charge in [0.05, 0.1) is 11.9 Å². The molecule has 1 aliphatic heterocycles. The van der Waals surface area contributed by atoms with Gasteiger partial charge in [0.15, 0.2) is 0 Å². The Morgan fingerprint density at radius 2 is 2.00 bits per heavy atom. The molecule has 1 aromatic heterocycles. The number of hydrogen-bond donors (Lipinski definition) is 1. The standard InChI is InChI=1S/C18H29N3/c1-15-6-5-7-16(12-15)13-19-17-8-9-18(20-14-17)21-10-3-2-4-11-21/h8-9,14-16,19H,2-7,10-13H2,1H3. The van der Waals surface area contributed by atoms with Crippen molar-refractivity contribution < 1.29 is 0 Å². The number of aromatic nitrogens is 1. The van der Waals surface area contributed by atoms with E-state index in [-0.39, 0.29) is 0 Å². The van der Waals surface area contributed by atoms with E-state index in [1.165, 1.54) is 63.7 Å². The maximum Gasteiger partial charge on any atom is 0.128 e. The summed E-state index contributed by atoms with van der Waals surface area (Å²) >= 11 is 0. The molecule has 0 bridgehead atoms. The van der Waals surface area contributed by atoms with Gasteiger partial charge in [-0.2, -0.15) is 0 Å². The van der Waals surface area contributed by atoms with Crippen LogP contribution in [0.3, 0.4) is 0 Å². The zero-order chi connectivity index (χ0) is 14.5. The van der Waals surface area contributed by atoms with Crippen LogP contribution in [-0.4, -0.2) is 24.6 Å². The molecular weight excluding hydrogens is 258 g/mol. The van der Waals surface area contributed by atoms with E-state index >= 15 is 0 Å². The first kappa shape index (κ1) is 14.7. The Morgan fingerprint density at radius 1 is 1.14 bits per heavy atom. The summed E-state index contributed by atoms with van der Waals surface area (Å²) in [7, 11) is 0. The van der Waals surface area contributed by atoms with Crippen LogP contribution in [0, 0.1) is 11.8 Å². The van der Waals surface area contributed by atoms with E-state index in [0.717, 1.165) is 24.2 Å². The minimum Gasteiger partial charge on any atom is -0.384 e. The maximum atomic E-state index is 4.64. The smallest absolute Gasteiger partial charge is 0.128 e. The maximum absolute atomic E-state index is 4.64. The van der Waals surface area contributed by atoms with E-state index in [4.69, 9.17) is 0 Å². The molecule has 3 rings (SSSR count). The van der Waals surface area contributed by atoms with Gasteiger partial charge in [-0.1, -0.05) is 19.8 Å². The van der Waals surface area contributed by atoms with Crippen molar-refractivity contribution in [2.45, 2.75) is 51.9 Å². The van der Waals surface area contributed by atoms with E-state index in [1.807, 2.05) is 6.20 Å². The number of nitrogens with one attached hydrogen (secondary N) is 1. The van der Waals surface area contributed by atoms with E-state index in [2.05, 4.69) is 34.3 Å². The Balaban J connectivity index is 1.49. The summed E-state index contributed by atoms with van der Waals surface area (Å²) in [6.45, 7) is 5.83. The molecule has 1 saturated carbocycles. The van der Waals surface area contributed by atoms with Gasteiger partial charge in [0.25, 0.3) is 0 Å². The Morgan fingerprint density at radius 3 is 2.71 bits per heavy atom. The molecule has 3 nitrogen and oxygen atoms in total. The van der Waals surface area contributed by atoms with Crippen LogP contribution in [0.1, 0.15) is 51.9 Å². The van der Waals surface area contributed by atoms with E-state index in [9.17, 15) is 0 Å². The second kappa shape index (κ2) is 7.15. The second-order valence-corrected chi connectivity index (χ2v) is 6.97. The number of pyridine rings is 1. The van der Waals surface area contributed by atoms with Crippen molar-refractivity contribution in [3.63, 3.8) is 0 Å². The molecule has 1 aromatic rings. The zero-order valence-corrected chi connectivity index (χ0v) is 13.4. The van der Waals surface area contributed by atoms with Gasteiger partial charge in [-0.15, -0.1) is 0 Å². The molecule has 0 spiro atoms. The SMILES string of the molecule is CC1CCCC(CNc2ccc(N3CCCCC3)nc2)C1. The van der Waals surface area contributed by atoms with Crippen LogP contribution in [0.4, 0.5) is 11.5 Å². The fourth-order valence-corrected chi connectivity index (χ4v) is 3.81. The van der Waals surface area contributed by atoms with Crippen molar-refractivity contribution in [3.05, 3.63) is 18.3 Å². The summed E-state index contributed by atoms with van der Waals surface area (Å²) in [4.78, 5) is 7.06. The Hall–Kier alpha value is -1.25. The number of piperidine rings is 1. The molecule has 2 unspecified atom stereocenters. The van der Waals surface area contributed by atoms with Crippen LogP contribution in [0.5, 0.6) is 0 Å². The monoisotopic (exact) mass is 287 g/mol. The highest BCUT2D eigenvalue weighted by Gasteiger charge is 2.18. The molecule has 116 valence electrons. The molecule has 1 saturated heterocycles. The average Bonchev–Trinajstić information content (AvgIpc) is 2.54. The molecule has 2 aliphatic rings. The molecule has 2 heterocycles. The molecule has 2 fully saturated rings. The van der Waals surface area contributed by atoms with Gasteiger partial charge in [-0.25, -0.2) is 4.98 Å². The molecule has 0 aromatic carbocycles. The lowest BCUT2D eigenvalue weighted by Crippen LogP contribution is -2.30. The molecule has 1 aliphatic carbocycles. The fourth-order valence-electron chi connectivity index (χ4n) is 3.81. The summed E-state index contributed by atoms with van der Waals surface area (Å²) < 4.78 is 0. The first-order valence-corrected chi connectivity index (χ1v) is 8.76. The number of rotatable bonds is 4. The average molecular weight is 287 g/mol. The highest BCUT2D eigenvalue weighted by molar-refractivity contribution is 5.48. The van der Waals surface area contributed by atoms with Crippen molar-refractivity contribution in [3.8, 4) is 0 Å². The Kier molecular flexibility index (Phi) is 5.00. The van der Waals surface area contributed by atoms with Gasteiger partial charge >= 0.3 is 0 Å². The van der Waals surface area contributed by atoms with Crippen LogP contribution in [0.2, 0.25) is 0 Å². The van der Waals surface area contributed by atoms with Gasteiger partial charge in [0.2, 0.25) is 0 Å². The predicted octanol–water partition coefficient (Wildman–Crippen LogP) is 4.31. The van der Waals surface area contributed by atoms with Crippen molar-refractivity contribution in [2.24, 2.45) is 11.8 Å². The van der Waals surface area contributed by atoms with Gasteiger partial charge < -0.3 is 10.2 Å². The number of hydrogen-bond acceptors (Lipinski definition) is 3. The van der Waals surface area contributed by atoms with Crippen molar-refractivity contribution in [1.29, 1.82) is 0 Å². The molecule has 0 radical (unpaired) electrons. The van der Waals surface area contributed by atoms with Crippen LogP contribution in [0.15, 0.2) is 18.3 Å². The summed E-state index contributed by atoms with van der Waals surface area (Å²) in [5.74, 6) is 2.90. The molecule has 1 N–H and O–H groups in total. The third-order valence-electron chi connectivity index (χ3n) is 5.07. The molecule has 3 heteroatoms. The first-order valence-electron chi connectivity index (χ1n) is 8.76. The highest BCUT2D eigenvalue weighted by Crippen LogP contribution is 2.28. The lowest BCUT2D eigenvalue weighted by molar-refractivity contribution is 0.293. The lowest BCUT2D eigenvalue weighted by atomic mass is 9.82. The molecule has 2 atom stereocenters. The van der Waals surface area contributed by atoms with E-state index in [0.29, 0.717) is 0 Å². The molecular formula is C18H29N3. The highest BCUT2D eigenvalue weighted by atomic mass is 15.2. The Bertz CT molecular complexity index is 423. The van der Waals surface area contributed by atoms with Crippen LogP contribution < -0.4 is 10.2 Å². The van der Waals surface area contributed by atoms with Crippen LogP contribution in [-0.2, 0) is 0 Å². The third-order valence-corrected chi connectivity index (χ3v) is 5.07. The van der Waals surface area contributed by atoms with E-state index in [1.54, 1.807) is 0 Å². The fraction of sp³-hybridized carbons (Fsp3) is 0.722. The van der Waals surface area contributed by atoms with Crippen molar-refractivity contribution in [1.82, 2.24) is 4.98 Å².